The van der Waals surface area contributed by atoms with Gasteiger partial charge in [-0.25, -0.2) is 0 Å². The van der Waals surface area contributed by atoms with Crippen LogP contribution in [0, 0.1) is 0 Å². The number of halogens is 1. The fourth-order valence-electron chi connectivity index (χ4n) is 2.46. The Morgan fingerprint density at radius 1 is 1.12 bits per heavy atom. The summed E-state index contributed by atoms with van der Waals surface area (Å²) in [4.78, 5) is 0.222. The smallest absolute Gasteiger partial charge is 0.285 e. The summed E-state index contributed by atoms with van der Waals surface area (Å²) in [6.07, 6.45) is 0. The van der Waals surface area contributed by atoms with Crippen molar-refractivity contribution in [1.82, 2.24) is 0 Å². The van der Waals surface area contributed by atoms with Gasteiger partial charge in [-0.05, 0) is 48.9 Å². The standard InChI is InChI=1S/C17H15BrN2O3S/c1-11-16(12-4-3-5-13(18)10-12)24(21,22)20-17(11)19-14-6-8-15(23-2)9-7-14/h3-10H,1-2H3,(H,19,20). The summed E-state index contributed by atoms with van der Waals surface area (Å²) >= 11 is 3.37. The predicted molar refractivity (Wildman–Crippen MR) is 99.7 cm³/mol. The molecule has 0 saturated heterocycles. The molecule has 5 nitrogen and oxygen atoms in total. The molecule has 2 aromatic rings. The lowest BCUT2D eigenvalue weighted by atomic mass is 10.1. The minimum absolute atomic E-state index is 0.222. The van der Waals surface area contributed by atoms with Gasteiger partial charge in [-0.15, -0.1) is 4.40 Å². The molecule has 24 heavy (non-hydrogen) atoms. The van der Waals surface area contributed by atoms with E-state index in [0.29, 0.717) is 17.0 Å². The van der Waals surface area contributed by atoms with Crippen LogP contribution in [0.5, 0.6) is 5.75 Å². The van der Waals surface area contributed by atoms with Gasteiger partial charge in [-0.2, -0.15) is 8.42 Å². The monoisotopic (exact) mass is 406 g/mol. The maximum Gasteiger partial charge on any atom is 0.285 e. The third-order valence-electron chi connectivity index (χ3n) is 3.60. The van der Waals surface area contributed by atoms with Crippen molar-refractivity contribution >= 4 is 42.4 Å². The van der Waals surface area contributed by atoms with Crippen LogP contribution < -0.4 is 10.1 Å². The zero-order chi connectivity index (χ0) is 17.3. The number of nitrogens with one attached hydrogen (secondary N) is 1. The Hall–Kier alpha value is -2.12. The highest BCUT2D eigenvalue weighted by Gasteiger charge is 2.31. The summed E-state index contributed by atoms with van der Waals surface area (Å²) in [6, 6.07) is 14.4. The molecule has 1 aliphatic rings. The zero-order valence-corrected chi connectivity index (χ0v) is 15.5. The van der Waals surface area contributed by atoms with Crippen molar-refractivity contribution in [2.75, 3.05) is 12.4 Å². The van der Waals surface area contributed by atoms with Crippen LogP contribution in [-0.2, 0) is 10.0 Å². The maximum absolute atomic E-state index is 12.5. The van der Waals surface area contributed by atoms with Crippen LogP contribution in [0.4, 0.5) is 5.69 Å². The molecule has 0 saturated carbocycles. The van der Waals surface area contributed by atoms with E-state index in [1.54, 1.807) is 56.5 Å². The average Bonchev–Trinajstić information content (AvgIpc) is 2.77. The van der Waals surface area contributed by atoms with Gasteiger partial charge >= 0.3 is 0 Å². The van der Waals surface area contributed by atoms with Crippen molar-refractivity contribution in [1.29, 1.82) is 0 Å². The Morgan fingerprint density at radius 3 is 2.46 bits per heavy atom. The molecule has 0 fully saturated rings. The number of amidine groups is 1. The van der Waals surface area contributed by atoms with Crippen LogP contribution in [0.25, 0.3) is 4.91 Å². The Balaban J connectivity index is 1.97. The summed E-state index contributed by atoms with van der Waals surface area (Å²) < 4.78 is 34.7. The number of anilines is 1. The first-order valence-electron chi connectivity index (χ1n) is 7.14. The van der Waals surface area contributed by atoms with Gasteiger partial charge in [-0.3, -0.25) is 0 Å². The summed E-state index contributed by atoms with van der Waals surface area (Å²) in [5.41, 5.74) is 1.93. The number of benzene rings is 2. The normalized spacial score (nSPS) is 16.0. The Kier molecular flexibility index (Phi) is 4.47. The quantitative estimate of drug-likeness (QED) is 0.834. The number of hydrogen-bond donors (Lipinski definition) is 1. The van der Waals surface area contributed by atoms with E-state index in [0.717, 1.165) is 15.9 Å². The third kappa shape index (κ3) is 3.22. The highest BCUT2D eigenvalue weighted by molar-refractivity contribution is 9.10. The minimum atomic E-state index is -3.73. The number of ether oxygens (including phenoxy) is 1. The molecule has 3 rings (SSSR count). The van der Waals surface area contributed by atoms with Crippen molar-refractivity contribution in [3.8, 4) is 5.75 Å². The molecule has 0 atom stereocenters. The van der Waals surface area contributed by atoms with E-state index >= 15 is 0 Å². The van der Waals surface area contributed by atoms with Crippen LogP contribution >= 0.6 is 15.9 Å². The molecule has 7 heteroatoms. The first-order chi connectivity index (χ1) is 11.4. The van der Waals surface area contributed by atoms with E-state index in [2.05, 4.69) is 25.6 Å². The Morgan fingerprint density at radius 2 is 1.83 bits per heavy atom. The summed E-state index contributed by atoms with van der Waals surface area (Å²) in [5, 5.41) is 3.06. The van der Waals surface area contributed by atoms with Gasteiger partial charge in [-0.1, -0.05) is 28.1 Å². The molecular weight excluding hydrogens is 392 g/mol. The second kappa shape index (κ2) is 6.41. The van der Waals surface area contributed by atoms with Crippen molar-refractivity contribution in [3.63, 3.8) is 0 Å². The molecule has 1 N–H and O–H groups in total. The lowest BCUT2D eigenvalue weighted by Gasteiger charge is -2.08. The Bertz CT molecular complexity index is 948. The molecule has 1 heterocycles. The van der Waals surface area contributed by atoms with Gasteiger partial charge in [0.1, 0.15) is 16.5 Å². The highest BCUT2D eigenvalue weighted by Crippen LogP contribution is 2.34. The lowest BCUT2D eigenvalue weighted by molar-refractivity contribution is 0.415. The van der Waals surface area contributed by atoms with Gasteiger partial charge < -0.3 is 10.1 Å². The summed E-state index contributed by atoms with van der Waals surface area (Å²) in [7, 11) is -2.14. The van der Waals surface area contributed by atoms with Crippen LogP contribution in [0.1, 0.15) is 12.5 Å². The third-order valence-corrected chi connectivity index (χ3v) is 5.58. The van der Waals surface area contributed by atoms with Gasteiger partial charge in [0.15, 0.2) is 0 Å². The van der Waals surface area contributed by atoms with Crippen molar-refractivity contribution < 1.29 is 13.2 Å². The minimum Gasteiger partial charge on any atom is -0.497 e. The molecule has 2 aromatic carbocycles. The Labute approximate surface area is 149 Å². The van der Waals surface area contributed by atoms with Crippen LogP contribution in [0.3, 0.4) is 0 Å². The summed E-state index contributed by atoms with van der Waals surface area (Å²) in [6.45, 7) is 1.75. The van der Waals surface area contributed by atoms with E-state index in [4.69, 9.17) is 4.74 Å². The molecule has 0 bridgehead atoms. The summed E-state index contributed by atoms with van der Waals surface area (Å²) in [5.74, 6) is 1.05. The van der Waals surface area contributed by atoms with Crippen molar-refractivity contribution in [2.24, 2.45) is 4.40 Å². The van der Waals surface area contributed by atoms with Crippen LogP contribution in [-0.4, -0.2) is 21.4 Å². The molecule has 0 spiro atoms. The molecule has 124 valence electrons. The predicted octanol–water partition coefficient (Wildman–Crippen LogP) is 4.04. The topological polar surface area (TPSA) is 67.8 Å². The van der Waals surface area contributed by atoms with E-state index in [9.17, 15) is 8.42 Å². The van der Waals surface area contributed by atoms with Crippen LogP contribution in [0.15, 0.2) is 63.0 Å². The molecule has 0 radical (unpaired) electrons. The number of sulfonamides is 1. The molecule has 0 unspecified atom stereocenters. The maximum atomic E-state index is 12.5. The molecular formula is C17H15BrN2O3S. The first kappa shape index (κ1) is 16.7. The average molecular weight is 407 g/mol. The molecule has 0 amide bonds. The van der Waals surface area contributed by atoms with Gasteiger partial charge in [0.05, 0.1) is 7.11 Å². The van der Waals surface area contributed by atoms with Gasteiger partial charge in [0.2, 0.25) is 0 Å². The van der Waals surface area contributed by atoms with E-state index in [1.165, 1.54) is 0 Å². The van der Waals surface area contributed by atoms with Crippen molar-refractivity contribution in [2.45, 2.75) is 6.92 Å². The number of rotatable bonds is 3. The highest BCUT2D eigenvalue weighted by atomic mass is 79.9. The van der Waals surface area contributed by atoms with Gasteiger partial charge in [0, 0.05) is 15.7 Å². The number of methoxy groups -OCH3 is 1. The SMILES string of the molecule is COc1ccc(NC2=NS(=O)(=O)C(c3cccc(Br)c3)=C2C)cc1. The zero-order valence-electron chi connectivity index (χ0n) is 13.1. The second-order valence-electron chi connectivity index (χ2n) is 5.23. The fourth-order valence-corrected chi connectivity index (χ4v) is 4.28. The van der Waals surface area contributed by atoms with Crippen molar-refractivity contribution in [3.05, 3.63) is 64.1 Å². The van der Waals surface area contributed by atoms with Gasteiger partial charge in [0.25, 0.3) is 10.0 Å². The molecule has 0 aromatic heterocycles. The lowest BCUT2D eigenvalue weighted by Crippen LogP contribution is -2.11. The van der Waals surface area contributed by atoms with E-state index in [-0.39, 0.29) is 4.91 Å². The van der Waals surface area contributed by atoms with E-state index < -0.39 is 10.0 Å². The fraction of sp³-hybridized carbons (Fsp3) is 0.118. The van der Waals surface area contributed by atoms with Crippen LogP contribution in [0.2, 0.25) is 0 Å². The number of hydrogen-bond acceptors (Lipinski definition) is 4. The number of nitrogens with zero attached hydrogens (tertiary/aromatic N) is 1. The first-order valence-corrected chi connectivity index (χ1v) is 9.37. The molecule has 1 aliphatic heterocycles. The largest absolute Gasteiger partial charge is 0.497 e. The second-order valence-corrected chi connectivity index (χ2v) is 7.69. The molecule has 0 aliphatic carbocycles. The van der Waals surface area contributed by atoms with E-state index in [1.807, 2.05) is 6.07 Å².